The molecule has 0 aromatic heterocycles. The van der Waals surface area contributed by atoms with Crippen molar-refractivity contribution >= 4 is 43.2 Å². The normalized spacial score (nSPS) is 11.1. The number of amides is 1. The zero-order valence-electron chi connectivity index (χ0n) is 16.1. The van der Waals surface area contributed by atoms with E-state index in [0.29, 0.717) is 23.5 Å². The highest BCUT2D eigenvalue weighted by Gasteiger charge is 2.23. The van der Waals surface area contributed by atoms with E-state index in [9.17, 15) is 13.2 Å². The molecule has 0 spiro atoms. The van der Waals surface area contributed by atoms with Gasteiger partial charge in [-0.15, -0.1) is 0 Å². The molecule has 1 N–H and O–H groups in total. The second-order valence-corrected chi connectivity index (χ2v) is 9.16. The molecule has 0 radical (unpaired) electrons. The van der Waals surface area contributed by atoms with Crippen LogP contribution in [0.3, 0.4) is 0 Å². The first-order valence-electron chi connectivity index (χ1n) is 9.08. The Morgan fingerprint density at radius 3 is 2.24 bits per heavy atom. The lowest BCUT2D eigenvalue weighted by Crippen LogP contribution is -2.30. The van der Waals surface area contributed by atoms with Gasteiger partial charge < -0.3 is 5.32 Å². The molecular formula is C22H21BrN2O3S. The lowest BCUT2D eigenvalue weighted by atomic mass is 10.1. The largest absolute Gasteiger partial charge is 0.322 e. The summed E-state index contributed by atoms with van der Waals surface area (Å²) in [5, 5.41) is 2.79. The van der Waals surface area contributed by atoms with Gasteiger partial charge in [0.05, 0.1) is 10.6 Å². The Hall–Kier alpha value is -2.64. The maximum absolute atomic E-state index is 13.0. The van der Waals surface area contributed by atoms with Gasteiger partial charge in [0.25, 0.3) is 15.9 Å². The van der Waals surface area contributed by atoms with E-state index in [1.807, 2.05) is 19.1 Å². The van der Waals surface area contributed by atoms with E-state index in [1.165, 1.54) is 16.4 Å². The van der Waals surface area contributed by atoms with Crippen molar-refractivity contribution in [1.82, 2.24) is 0 Å². The van der Waals surface area contributed by atoms with Crippen molar-refractivity contribution in [2.24, 2.45) is 0 Å². The Balaban J connectivity index is 1.80. The number of halogens is 1. The molecule has 0 unspecified atom stereocenters. The van der Waals surface area contributed by atoms with Crippen LogP contribution < -0.4 is 9.62 Å². The minimum Gasteiger partial charge on any atom is -0.322 e. The highest BCUT2D eigenvalue weighted by Crippen LogP contribution is 2.24. The summed E-state index contributed by atoms with van der Waals surface area (Å²) in [5.41, 5.74) is 2.68. The third kappa shape index (κ3) is 4.68. The van der Waals surface area contributed by atoms with Gasteiger partial charge in [-0.25, -0.2) is 8.42 Å². The molecule has 3 rings (SSSR count). The van der Waals surface area contributed by atoms with Crippen molar-refractivity contribution in [1.29, 1.82) is 0 Å². The molecule has 0 heterocycles. The molecule has 0 fully saturated rings. The van der Waals surface area contributed by atoms with E-state index in [2.05, 4.69) is 21.2 Å². The van der Waals surface area contributed by atoms with Crippen LogP contribution in [-0.4, -0.2) is 20.9 Å². The van der Waals surface area contributed by atoms with Gasteiger partial charge in [-0.1, -0.05) is 40.2 Å². The first-order chi connectivity index (χ1) is 13.8. The van der Waals surface area contributed by atoms with Crippen LogP contribution in [0.25, 0.3) is 0 Å². The van der Waals surface area contributed by atoms with Gasteiger partial charge in [0.2, 0.25) is 0 Å². The molecule has 0 aliphatic rings. The molecule has 0 aliphatic heterocycles. The van der Waals surface area contributed by atoms with Crippen molar-refractivity contribution in [2.45, 2.75) is 18.7 Å². The summed E-state index contributed by atoms with van der Waals surface area (Å²) in [4.78, 5) is 12.6. The fourth-order valence-corrected chi connectivity index (χ4v) is 4.71. The van der Waals surface area contributed by atoms with Crippen LogP contribution in [0.2, 0.25) is 0 Å². The highest BCUT2D eigenvalue weighted by atomic mass is 79.9. The number of anilines is 2. The molecule has 3 aromatic carbocycles. The van der Waals surface area contributed by atoms with Gasteiger partial charge in [0.15, 0.2) is 0 Å². The lowest BCUT2D eigenvalue weighted by molar-refractivity contribution is 0.102. The van der Waals surface area contributed by atoms with Crippen LogP contribution in [0.1, 0.15) is 22.8 Å². The van der Waals surface area contributed by atoms with Gasteiger partial charge in [-0.2, -0.15) is 0 Å². The zero-order chi connectivity index (χ0) is 21.0. The van der Waals surface area contributed by atoms with Gasteiger partial charge >= 0.3 is 0 Å². The minimum absolute atomic E-state index is 0.166. The topological polar surface area (TPSA) is 66.5 Å². The Morgan fingerprint density at radius 2 is 1.66 bits per heavy atom. The third-order valence-corrected chi connectivity index (χ3v) is 7.24. The van der Waals surface area contributed by atoms with E-state index < -0.39 is 10.0 Å². The summed E-state index contributed by atoms with van der Waals surface area (Å²) in [6.45, 7) is 4.05. The van der Waals surface area contributed by atoms with Crippen LogP contribution >= 0.6 is 15.9 Å². The van der Waals surface area contributed by atoms with Crippen LogP contribution in [0.4, 0.5) is 11.4 Å². The van der Waals surface area contributed by atoms with E-state index in [-0.39, 0.29) is 10.8 Å². The number of nitrogens with one attached hydrogen (secondary N) is 1. The molecule has 0 saturated carbocycles. The number of hydrogen-bond donors (Lipinski definition) is 1. The number of sulfonamides is 1. The summed E-state index contributed by atoms with van der Waals surface area (Å²) in [6, 6.07) is 20.5. The van der Waals surface area contributed by atoms with Gasteiger partial charge in [0.1, 0.15) is 0 Å². The Labute approximate surface area is 179 Å². The molecule has 3 aromatic rings. The molecule has 0 aliphatic carbocycles. The summed E-state index contributed by atoms with van der Waals surface area (Å²) >= 11 is 3.42. The molecule has 0 atom stereocenters. The van der Waals surface area contributed by atoms with E-state index >= 15 is 0 Å². The first-order valence-corrected chi connectivity index (χ1v) is 11.3. The number of carbonyl (C=O) groups is 1. The maximum Gasteiger partial charge on any atom is 0.264 e. The number of nitrogens with zero attached hydrogens (tertiary/aromatic N) is 1. The average Bonchev–Trinajstić information content (AvgIpc) is 2.71. The molecule has 1 amide bonds. The van der Waals surface area contributed by atoms with Crippen LogP contribution in [0.15, 0.2) is 82.2 Å². The Bertz CT molecular complexity index is 1110. The number of carbonyl (C=O) groups excluding carboxylic acids is 1. The second kappa shape index (κ2) is 8.80. The second-order valence-electron chi connectivity index (χ2n) is 6.45. The van der Waals surface area contributed by atoms with E-state index in [4.69, 9.17) is 0 Å². The number of para-hydroxylation sites is 1. The molecular weight excluding hydrogens is 452 g/mol. The number of rotatable bonds is 6. The maximum atomic E-state index is 13.0. The Morgan fingerprint density at radius 1 is 1.00 bits per heavy atom. The van der Waals surface area contributed by atoms with Gasteiger partial charge in [-0.3, -0.25) is 9.10 Å². The summed E-state index contributed by atoms with van der Waals surface area (Å²) < 4.78 is 28.2. The monoisotopic (exact) mass is 472 g/mol. The molecule has 7 heteroatoms. The van der Waals surface area contributed by atoms with E-state index in [1.54, 1.807) is 55.5 Å². The van der Waals surface area contributed by atoms with Crippen molar-refractivity contribution < 1.29 is 13.2 Å². The number of aryl methyl sites for hydroxylation is 1. The van der Waals surface area contributed by atoms with Crippen molar-refractivity contribution in [2.75, 3.05) is 16.2 Å². The quantitative estimate of drug-likeness (QED) is 0.534. The van der Waals surface area contributed by atoms with Gasteiger partial charge in [0, 0.05) is 22.3 Å². The summed E-state index contributed by atoms with van der Waals surface area (Å²) in [5.74, 6) is -0.263. The standard InChI is InChI=1S/C22H21BrN2O3S/c1-3-25(19-7-5-4-6-8-19)29(27,28)20-13-11-18(12-14-20)24-22(26)17-10-9-16(2)21(23)15-17/h4-15H,3H2,1-2H3,(H,24,26). The number of benzene rings is 3. The highest BCUT2D eigenvalue weighted by molar-refractivity contribution is 9.10. The molecule has 5 nitrogen and oxygen atoms in total. The lowest BCUT2D eigenvalue weighted by Gasteiger charge is -2.23. The zero-order valence-corrected chi connectivity index (χ0v) is 18.5. The molecule has 29 heavy (non-hydrogen) atoms. The van der Waals surface area contributed by atoms with E-state index in [0.717, 1.165) is 10.0 Å². The first kappa shape index (κ1) is 21.1. The fourth-order valence-electron chi connectivity index (χ4n) is 2.86. The Kier molecular flexibility index (Phi) is 6.39. The van der Waals surface area contributed by atoms with Crippen molar-refractivity contribution in [3.63, 3.8) is 0 Å². The van der Waals surface area contributed by atoms with Crippen LogP contribution in [0.5, 0.6) is 0 Å². The van der Waals surface area contributed by atoms with Crippen LogP contribution in [0, 0.1) is 6.92 Å². The fraction of sp³-hybridized carbons (Fsp3) is 0.136. The molecule has 0 bridgehead atoms. The van der Waals surface area contributed by atoms with Gasteiger partial charge in [-0.05, 0) is 67.9 Å². The number of hydrogen-bond acceptors (Lipinski definition) is 3. The average molecular weight is 473 g/mol. The molecule has 0 saturated heterocycles. The SMILES string of the molecule is CCN(c1ccccc1)S(=O)(=O)c1ccc(NC(=O)c2ccc(C)c(Br)c2)cc1. The van der Waals surface area contributed by atoms with Crippen molar-refractivity contribution in [3.8, 4) is 0 Å². The smallest absolute Gasteiger partial charge is 0.264 e. The van der Waals surface area contributed by atoms with Crippen molar-refractivity contribution in [3.05, 3.63) is 88.4 Å². The minimum atomic E-state index is -3.70. The summed E-state index contributed by atoms with van der Waals surface area (Å²) in [6.07, 6.45) is 0. The predicted molar refractivity (Wildman–Crippen MR) is 120 cm³/mol. The van der Waals surface area contributed by atoms with Crippen LogP contribution in [-0.2, 0) is 10.0 Å². The predicted octanol–water partition coefficient (Wildman–Crippen LogP) is 5.23. The third-order valence-electron chi connectivity index (χ3n) is 4.47. The molecule has 150 valence electrons. The summed E-state index contributed by atoms with van der Waals surface area (Å²) in [7, 11) is -3.70.